The number of carbonyl (C=O) groups excluding carboxylic acids is 1. The molecule has 0 bridgehead atoms. The second-order valence-electron chi connectivity index (χ2n) is 6.30. The number of nitrogens with one attached hydrogen (secondary N) is 1. The molecule has 0 aromatic carbocycles. The van der Waals surface area contributed by atoms with Gasteiger partial charge in [-0.25, -0.2) is 4.79 Å². The fraction of sp³-hybridized carbons (Fsp3) is 0.857. The standard InChI is InChI=1S/C14H25N3O3/c1-14(4-2-5-14)11-15-13(20)17-9-7-16(8-10-17)6-3-12(18)19/h2-11H2,1H3,(H,15,20)(H,18,19). The minimum atomic E-state index is -0.765. The minimum absolute atomic E-state index is 0.0241. The van der Waals surface area contributed by atoms with Gasteiger partial charge in [-0.15, -0.1) is 0 Å². The van der Waals surface area contributed by atoms with Crippen LogP contribution in [0.5, 0.6) is 0 Å². The molecule has 6 nitrogen and oxygen atoms in total. The molecule has 1 aliphatic carbocycles. The van der Waals surface area contributed by atoms with Crippen LogP contribution < -0.4 is 5.32 Å². The Morgan fingerprint density at radius 3 is 2.35 bits per heavy atom. The molecule has 0 spiro atoms. The van der Waals surface area contributed by atoms with Gasteiger partial charge in [-0.2, -0.15) is 0 Å². The second kappa shape index (κ2) is 6.43. The highest BCUT2D eigenvalue weighted by molar-refractivity contribution is 5.74. The monoisotopic (exact) mass is 283 g/mol. The number of piperazine rings is 1. The zero-order chi connectivity index (χ0) is 14.6. The van der Waals surface area contributed by atoms with Crippen LogP contribution in [-0.4, -0.2) is 66.2 Å². The number of urea groups is 1. The number of nitrogens with zero attached hydrogens (tertiary/aromatic N) is 2. The largest absolute Gasteiger partial charge is 0.481 e. The van der Waals surface area contributed by atoms with Gasteiger partial charge in [0.05, 0.1) is 6.42 Å². The Morgan fingerprint density at radius 1 is 1.20 bits per heavy atom. The van der Waals surface area contributed by atoms with E-state index in [-0.39, 0.29) is 12.5 Å². The Bertz CT molecular complexity index is 361. The van der Waals surface area contributed by atoms with Crippen LogP contribution in [-0.2, 0) is 4.79 Å². The second-order valence-corrected chi connectivity index (χ2v) is 6.30. The van der Waals surface area contributed by atoms with Crippen molar-refractivity contribution >= 4 is 12.0 Å². The number of aliphatic carboxylic acids is 1. The number of carboxylic acids is 1. The molecular formula is C14H25N3O3. The first kappa shape index (κ1) is 15.1. The van der Waals surface area contributed by atoms with E-state index < -0.39 is 5.97 Å². The molecule has 2 amide bonds. The van der Waals surface area contributed by atoms with Gasteiger partial charge in [0.1, 0.15) is 0 Å². The first-order valence-electron chi connectivity index (χ1n) is 7.45. The summed E-state index contributed by atoms with van der Waals surface area (Å²) >= 11 is 0. The lowest BCUT2D eigenvalue weighted by Gasteiger charge is -2.40. The van der Waals surface area contributed by atoms with E-state index in [0.29, 0.717) is 25.0 Å². The van der Waals surface area contributed by atoms with E-state index in [9.17, 15) is 9.59 Å². The highest BCUT2D eigenvalue weighted by Crippen LogP contribution is 2.39. The maximum absolute atomic E-state index is 12.1. The molecule has 6 heteroatoms. The number of hydrogen-bond donors (Lipinski definition) is 2. The Labute approximate surface area is 120 Å². The lowest BCUT2D eigenvalue weighted by Crippen LogP contribution is -2.53. The van der Waals surface area contributed by atoms with Crippen molar-refractivity contribution in [1.82, 2.24) is 15.1 Å². The molecule has 1 saturated heterocycles. The molecular weight excluding hydrogens is 258 g/mol. The molecule has 1 aliphatic heterocycles. The summed E-state index contributed by atoms with van der Waals surface area (Å²) in [7, 11) is 0. The van der Waals surface area contributed by atoms with Crippen LogP contribution in [0, 0.1) is 5.41 Å². The first-order chi connectivity index (χ1) is 9.48. The molecule has 0 unspecified atom stereocenters. The average Bonchev–Trinajstić information content (AvgIpc) is 2.41. The maximum atomic E-state index is 12.1. The predicted molar refractivity (Wildman–Crippen MR) is 75.6 cm³/mol. The fourth-order valence-electron chi connectivity index (χ4n) is 2.79. The third-order valence-corrected chi connectivity index (χ3v) is 4.53. The van der Waals surface area contributed by atoms with Crippen molar-refractivity contribution in [2.45, 2.75) is 32.6 Å². The summed E-state index contributed by atoms with van der Waals surface area (Å²) in [6.45, 7) is 6.45. The van der Waals surface area contributed by atoms with E-state index in [0.717, 1.165) is 19.6 Å². The first-order valence-corrected chi connectivity index (χ1v) is 7.45. The van der Waals surface area contributed by atoms with Crippen LogP contribution in [0.1, 0.15) is 32.6 Å². The molecule has 0 radical (unpaired) electrons. The summed E-state index contributed by atoms with van der Waals surface area (Å²) in [4.78, 5) is 26.5. The molecule has 114 valence electrons. The molecule has 1 heterocycles. The summed E-state index contributed by atoms with van der Waals surface area (Å²) in [6.07, 6.45) is 3.85. The normalized spacial score (nSPS) is 22.1. The smallest absolute Gasteiger partial charge is 0.317 e. The van der Waals surface area contributed by atoms with E-state index in [1.165, 1.54) is 19.3 Å². The van der Waals surface area contributed by atoms with Crippen molar-refractivity contribution in [3.8, 4) is 0 Å². The molecule has 20 heavy (non-hydrogen) atoms. The number of amides is 2. The van der Waals surface area contributed by atoms with Gasteiger partial charge in [0.2, 0.25) is 0 Å². The van der Waals surface area contributed by atoms with E-state index in [1.54, 1.807) is 0 Å². The third kappa shape index (κ3) is 4.10. The Hall–Kier alpha value is -1.30. The van der Waals surface area contributed by atoms with Gasteiger partial charge in [-0.1, -0.05) is 13.3 Å². The van der Waals surface area contributed by atoms with Gasteiger partial charge in [0.15, 0.2) is 0 Å². The summed E-state index contributed by atoms with van der Waals surface area (Å²) in [5.74, 6) is -0.765. The van der Waals surface area contributed by atoms with Crippen LogP contribution in [0.4, 0.5) is 4.79 Å². The number of carbonyl (C=O) groups is 2. The zero-order valence-corrected chi connectivity index (χ0v) is 12.2. The Kier molecular flexibility index (Phi) is 4.86. The lowest BCUT2D eigenvalue weighted by atomic mass is 9.70. The molecule has 0 aromatic heterocycles. The summed E-state index contributed by atoms with van der Waals surface area (Å²) in [5.41, 5.74) is 0.305. The molecule has 2 N–H and O–H groups in total. The summed E-state index contributed by atoms with van der Waals surface area (Å²) in [6, 6.07) is 0.0241. The molecule has 2 aliphatic rings. The highest BCUT2D eigenvalue weighted by Gasteiger charge is 2.32. The zero-order valence-electron chi connectivity index (χ0n) is 12.2. The predicted octanol–water partition coefficient (Wildman–Crippen LogP) is 0.979. The van der Waals surface area contributed by atoms with Gasteiger partial charge in [-0.3, -0.25) is 9.69 Å². The third-order valence-electron chi connectivity index (χ3n) is 4.53. The van der Waals surface area contributed by atoms with Crippen LogP contribution >= 0.6 is 0 Å². The van der Waals surface area contributed by atoms with Crippen molar-refractivity contribution in [3.63, 3.8) is 0 Å². The van der Waals surface area contributed by atoms with Gasteiger partial charge in [0, 0.05) is 39.3 Å². The Balaban J connectivity index is 1.65. The molecule has 2 fully saturated rings. The lowest BCUT2D eigenvalue weighted by molar-refractivity contribution is -0.137. The van der Waals surface area contributed by atoms with Crippen LogP contribution in [0.2, 0.25) is 0 Å². The van der Waals surface area contributed by atoms with E-state index >= 15 is 0 Å². The Morgan fingerprint density at radius 2 is 1.85 bits per heavy atom. The van der Waals surface area contributed by atoms with Crippen molar-refractivity contribution in [2.75, 3.05) is 39.3 Å². The molecule has 0 aromatic rings. The van der Waals surface area contributed by atoms with Crippen LogP contribution in [0.25, 0.3) is 0 Å². The fourth-order valence-corrected chi connectivity index (χ4v) is 2.79. The molecule has 0 atom stereocenters. The highest BCUT2D eigenvalue weighted by atomic mass is 16.4. The number of carboxylic acid groups (broad SMARTS) is 1. The van der Waals surface area contributed by atoms with Crippen LogP contribution in [0.3, 0.4) is 0 Å². The quantitative estimate of drug-likeness (QED) is 0.789. The minimum Gasteiger partial charge on any atom is -0.481 e. The summed E-state index contributed by atoms with van der Waals surface area (Å²) in [5, 5.41) is 11.7. The maximum Gasteiger partial charge on any atom is 0.317 e. The number of rotatable bonds is 5. The van der Waals surface area contributed by atoms with Crippen molar-refractivity contribution in [2.24, 2.45) is 5.41 Å². The van der Waals surface area contributed by atoms with Crippen molar-refractivity contribution < 1.29 is 14.7 Å². The topological polar surface area (TPSA) is 72.9 Å². The average molecular weight is 283 g/mol. The molecule has 2 rings (SSSR count). The van der Waals surface area contributed by atoms with Gasteiger partial charge in [0.25, 0.3) is 0 Å². The van der Waals surface area contributed by atoms with Gasteiger partial charge in [-0.05, 0) is 18.3 Å². The van der Waals surface area contributed by atoms with E-state index in [4.69, 9.17) is 5.11 Å². The van der Waals surface area contributed by atoms with Crippen molar-refractivity contribution in [1.29, 1.82) is 0 Å². The van der Waals surface area contributed by atoms with E-state index in [1.807, 2.05) is 4.90 Å². The summed E-state index contributed by atoms with van der Waals surface area (Å²) < 4.78 is 0. The number of hydrogen-bond acceptors (Lipinski definition) is 3. The molecule has 1 saturated carbocycles. The SMILES string of the molecule is CC1(CNC(=O)N2CCN(CCC(=O)O)CC2)CCC1. The van der Waals surface area contributed by atoms with Gasteiger partial charge < -0.3 is 15.3 Å². The van der Waals surface area contributed by atoms with Gasteiger partial charge >= 0.3 is 12.0 Å². The van der Waals surface area contributed by atoms with Crippen molar-refractivity contribution in [3.05, 3.63) is 0 Å². The van der Waals surface area contributed by atoms with Crippen LogP contribution in [0.15, 0.2) is 0 Å². The van der Waals surface area contributed by atoms with E-state index in [2.05, 4.69) is 17.1 Å².